The molecule has 0 radical (unpaired) electrons. The summed E-state index contributed by atoms with van der Waals surface area (Å²) in [7, 11) is 0. The number of aromatic amines is 2. The van der Waals surface area contributed by atoms with Crippen LogP contribution < -0.4 is 5.56 Å². The van der Waals surface area contributed by atoms with Crippen LogP contribution in [0, 0.1) is 5.82 Å². The van der Waals surface area contributed by atoms with Gasteiger partial charge in [-0.05, 0) is 60.0 Å². The van der Waals surface area contributed by atoms with Crippen LogP contribution in [0.2, 0.25) is 10.0 Å². The summed E-state index contributed by atoms with van der Waals surface area (Å²) in [6.07, 6.45) is 0.918. The standard InChI is InChI=1S/C23H19Cl2FN4OS/c1-2-16-21(11-17-18(24)4-3-5-19(17)25)27-23(28-22(16)31)32-12-15-10-20(30-29-15)13-6-8-14(26)9-7-13/h3-10H,2,11-12H2,1H3,(H,29,30)(H,27,28,31). The van der Waals surface area contributed by atoms with Gasteiger partial charge in [-0.15, -0.1) is 0 Å². The maximum Gasteiger partial charge on any atom is 0.254 e. The monoisotopic (exact) mass is 488 g/mol. The Kier molecular flexibility index (Phi) is 6.98. The lowest BCUT2D eigenvalue weighted by atomic mass is 10.0. The highest BCUT2D eigenvalue weighted by molar-refractivity contribution is 7.98. The van der Waals surface area contributed by atoms with Crippen molar-refractivity contribution in [1.29, 1.82) is 0 Å². The minimum absolute atomic E-state index is 0.169. The fourth-order valence-electron chi connectivity index (χ4n) is 3.33. The van der Waals surface area contributed by atoms with Crippen LogP contribution in [-0.2, 0) is 18.6 Å². The van der Waals surface area contributed by atoms with Crippen molar-refractivity contribution >= 4 is 35.0 Å². The van der Waals surface area contributed by atoms with Gasteiger partial charge in [-0.3, -0.25) is 9.89 Å². The zero-order valence-corrected chi connectivity index (χ0v) is 19.4. The summed E-state index contributed by atoms with van der Waals surface area (Å²) in [6.45, 7) is 1.91. The molecule has 2 N–H and O–H groups in total. The minimum Gasteiger partial charge on any atom is -0.301 e. The summed E-state index contributed by atoms with van der Waals surface area (Å²) < 4.78 is 13.1. The van der Waals surface area contributed by atoms with Gasteiger partial charge in [0.05, 0.1) is 17.1 Å². The highest BCUT2D eigenvalue weighted by Gasteiger charge is 2.15. The van der Waals surface area contributed by atoms with Crippen LogP contribution in [0.15, 0.2) is 58.5 Å². The van der Waals surface area contributed by atoms with Gasteiger partial charge in [-0.2, -0.15) is 5.10 Å². The van der Waals surface area contributed by atoms with E-state index in [1.807, 2.05) is 13.0 Å². The minimum atomic E-state index is -0.288. The van der Waals surface area contributed by atoms with Crippen molar-refractivity contribution in [1.82, 2.24) is 20.2 Å². The Morgan fingerprint density at radius 3 is 2.47 bits per heavy atom. The van der Waals surface area contributed by atoms with E-state index in [-0.39, 0.29) is 11.4 Å². The summed E-state index contributed by atoms with van der Waals surface area (Å²) >= 11 is 14.0. The van der Waals surface area contributed by atoms with Crippen LogP contribution >= 0.6 is 35.0 Å². The molecule has 0 atom stereocenters. The molecule has 4 rings (SSSR count). The molecule has 0 unspecified atom stereocenters. The first kappa shape index (κ1) is 22.6. The number of benzene rings is 2. The van der Waals surface area contributed by atoms with E-state index in [1.54, 1.807) is 30.3 Å². The molecular weight excluding hydrogens is 470 g/mol. The molecule has 32 heavy (non-hydrogen) atoms. The number of nitrogens with one attached hydrogen (secondary N) is 2. The molecule has 0 saturated heterocycles. The Morgan fingerprint density at radius 2 is 1.78 bits per heavy atom. The highest BCUT2D eigenvalue weighted by Crippen LogP contribution is 2.28. The first-order valence-corrected chi connectivity index (χ1v) is 11.7. The van der Waals surface area contributed by atoms with Crippen LogP contribution in [-0.4, -0.2) is 20.2 Å². The van der Waals surface area contributed by atoms with Crippen LogP contribution in [0.1, 0.15) is 29.4 Å². The summed E-state index contributed by atoms with van der Waals surface area (Å²) in [4.78, 5) is 20.2. The number of aromatic nitrogens is 4. The van der Waals surface area contributed by atoms with Crippen LogP contribution in [0.5, 0.6) is 0 Å². The molecule has 164 valence electrons. The van der Waals surface area contributed by atoms with Crippen molar-refractivity contribution in [3.63, 3.8) is 0 Å². The fourth-order valence-corrected chi connectivity index (χ4v) is 4.63. The Morgan fingerprint density at radius 1 is 1.06 bits per heavy atom. The lowest BCUT2D eigenvalue weighted by Gasteiger charge is -2.11. The van der Waals surface area contributed by atoms with Crippen molar-refractivity contribution in [2.24, 2.45) is 0 Å². The third-order valence-corrected chi connectivity index (χ3v) is 6.60. The molecular formula is C23H19Cl2FN4OS. The molecule has 5 nitrogen and oxygen atoms in total. The third kappa shape index (κ3) is 5.06. The molecule has 0 aliphatic rings. The Labute approximate surface area is 198 Å². The van der Waals surface area contributed by atoms with Gasteiger partial charge in [0.15, 0.2) is 5.16 Å². The average Bonchev–Trinajstić information content (AvgIpc) is 3.24. The highest BCUT2D eigenvalue weighted by atomic mass is 35.5. The average molecular weight is 489 g/mol. The van der Waals surface area contributed by atoms with Gasteiger partial charge in [0.25, 0.3) is 5.56 Å². The molecule has 9 heteroatoms. The number of hydrogen-bond acceptors (Lipinski definition) is 4. The molecule has 0 saturated carbocycles. The van der Waals surface area contributed by atoms with Crippen LogP contribution in [0.3, 0.4) is 0 Å². The summed E-state index contributed by atoms with van der Waals surface area (Å²) in [5.74, 6) is 0.210. The van der Waals surface area contributed by atoms with E-state index < -0.39 is 0 Å². The van der Waals surface area contributed by atoms with Crippen molar-refractivity contribution in [3.05, 3.63) is 97.3 Å². The van der Waals surface area contributed by atoms with Gasteiger partial charge in [0.1, 0.15) is 5.82 Å². The first-order valence-electron chi connectivity index (χ1n) is 9.92. The molecule has 0 amide bonds. The predicted octanol–water partition coefficient (Wildman–Crippen LogP) is 6.05. The summed E-state index contributed by atoms with van der Waals surface area (Å²) in [5, 5.41) is 8.84. The third-order valence-electron chi connectivity index (χ3n) is 4.98. The lowest BCUT2D eigenvalue weighted by Crippen LogP contribution is -2.18. The van der Waals surface area contributed by atoms with Gasteiger partial charge in [0, 0.05) is 27.8 Å². The van der Waals surface area contributed by atoms with Gasteiger partial charge in [-0.25, -0.2) is 9.37 Å². The van der Waals surface area contributed by atoms with Crippen LogP contribution in [0.25, 0.3) is 11.3 Å². The number of H-pyrrole nitrogens is 2. The van der Waals surface area contributed by atoms with Gasteiger partial charge in [-0.1, -0.05) is 48.0 Å². The number of hydrogen-bond donors (Lipinski definition) is 2. The van der Waals surface area contributed by atoms with E-state index in [4.69, 9.17) is 23.2 Å². The van der Waals surface area contributed by atoms with Gasteiger partial charge >= 0.3 is 0 Å². The normalized spacial score (nSPS) is 11.1. The van der Waals surface area contributed by atoms with E-state index in [2.05, 4.69) is 20.2 Å². The van der Waals surface area contributed by atoms with Crippen molar-refractivity contribution in [2.45, 2.75) is 30.7 Å². The molecule has 2 aromatic heterocycles. The summed E-state index contributed by atoms with van der Waals surface area (Å²) in [6, 6.07) is 13.4. The number of halogens is 3. The van der Waals surface area contributed by atoms with E-state index in [9.17, 15) is 9.18 Å². The lowest BCUT2D eigenvalue weighted by molar-refractivity contribution is 0.628. The molecule has 4 aromatic rings. The topological polar surface area (TPSA) is 74.4 Å². The first-order chi connectivity index (χ1) is 15.4. The maximum absolute atomic E-state index is 13.1. The summed E-state index contributed by atoms with van der Waals surface area (Å²) in [5.41, 5.74) is 4.26. The second kappa shape index (κ2) is 9.90. The largest absolute Gasteiger partial charge is 0.301 e. The second-order valence-electron chi connectivity index (χ2n) is 7.10. The molecule has 2 heterocycles. The molecule has 0 aliphatic heterocycles. The number of rotatable bonds is 7. The predicted molar refractivity (Wildman–Crippen MR) is 127 cm³/mol. The van der Waals surface area contributed by atoms with E-state index in [0.717, 1.165) is 22.5 Å². The quantitative estimate of drug-likeness (QED) is 0.245. The van der Waals surface area contributed by atoms with Crippen molar-refractivity contribution in [3.8, 4) is 11.3 Å². The smallest absolute Gasteiger partial charge is 0.254 e. The molecule has 0 aliphatic carbocycles. The zero-order valence-electron chi connectivity index (χ0n) is 17.1. The molecule has 2 aromatic carbocycles. The Hall–Kier alpha value is -2.61. The van der Waals surface area contributed by atoms with Crippen LogP contribution in [0.4, 0.5) is 4.39 Å². The van der Waals surface area contributed by atoms with E-state index >= 15 is 0 Å². The second-order valence-corrected chi connectivity index (χ2v) is 8.87. The van der Waals surface area contributed by atoms with E-state index in [1.165, 1.54) is 23.9 Å². The molecule has 0 bridgehead atoms. The number of thioether (sulfide) groups is 1. The van der Waals surface area contributed by atoms with Gasteiger partial charge < -0.3 is 4.98 Å². The van der Waals surface area contributed by atoms with Crippen molar-refractivity contribution in [2.75, 3.05) is 0 Å². The van der Waals surface area contributed by atoms with Crippen molar-refractivity contribution < 1.29 is 4.39 Å². The molecule has 0 spiro atoms. The fraction of sp³-hybridized carbons (Fsp3) is 0.174. The Balaban J connectivity index is 1.55. The SMILES string of the molecule is CCc1c(Cc2c(Cl)cccc2Cl)nc(SCc2cc(-c3ccc(F)cc3)[nH]n2)[nH]c1=O. The van der Waals surface area contributed by atoms with E-state index in [0.29, 0.717) is 45.1 Å². The number of nitrogens with zero attached hydrogens (tertiary/aromatic N) is 2. The Bertz CT molecular complexity index is 1280. The van der Waals surface area contributed by atoms with Gasteiger partial charge in [0.2, 0.25) is 0 Å². The zero-order chi connectivity index (χ0) is 22.7. The maximum atomic E-state index is 13.1. The molecule has 0 fully saturated rings.